The van der Waals surface area contributed by atoms with Gasteiger partial charge in [-0.15, -0.1) is 0 Å². The highest BCUT2D eigenvalue weighted by atomic mass is 19.4. The van der Waals surface area contributed by atoms with Gasteiger partial charge in [0.15, 0.2) is 0 Å². The van der Waals surface area contributed by atoms with E-state index in [9.17, 15) is 22.8 Å². The number of halogens is 3. The minimum atomic E-state index is -5.01. The molecule has 0 spiro atoms. The maximum atomic E-state index is 12.4. The van der Waals surface area contributed by atoms with E-state index >= 15 is 0 Å². The molecule has 4 atom stereocenters. The number of hydrogen-bond acceptors (Lipinski definition) is 3. The molecule has 4 rings (SSSR count). The van der Waals surface area contributed by atoms with Crippen molar-refractivity contribution in [1.82, 2.24) is 0 Å². The first-order valence-corrected chi connectivity index (χ1v) is 8.84. The smallest absolute Gasteiger partial charge is 0.420 e. The number of carbonyl (C=O) groups is 2. The summed E-state index contributed by atoms with van der Waals surface area (Å²) < 4.78 is 41.6. The van der Waals surface area contributed by atoms with Crippen LogP contribution >= 0.6 is 0 Å². The normalized spacial score (nSPS) is 32.6. The van der Waals surface area contributed by atoms with Crippen molar-refractivity contribution < 1.29 is 27.5 Å². The highest BCUT2D eigenvalue weighted by Gasteiger charge is 2.53. The molecule has 0 radical (unpaired) electrons. The molecule has 3 aliphatic rings. The second-order valence-corrected chi connectivity index (χ2v) is 7.75. The van der Waals surface area contributed by atoms with Gasteiger partial charge in [0, 0.05) is 11.8 Å². The molecule has 26 heavy (non-hydrogen) atoms. The standard InChI is InChI=1S/C20H19F3O3/c1-19-9-8-14-13-5-3-12(26-18(25)20(21,22)23)10-11(13)2-4-15(14)16(19)6-7-17(19)24/h2-5,10,14-16H,6-9H2,1H3/t14-,15-,16+,19+/m1/s1. The summed E-state index contributed by atoms with van der Waals surface area (Å²) in [6.45, 7) is 2.08. The third-order valence-corrected chi connectivity index (χ3v) is 6.44. The molecule has 0 heterocycles. The quantitative estimate of drug-likeness (QED) is 0.538. The summed E-state index contributed by atoms with van der Waals surface area (Å²) in [7, 11) is 0. The lowest BCUT2D eigenvalue weighted by Gasteiger charge is -2.46. The molecule has 0 N–H and O–H groups in total. The van der Waals surface area contributed by atoms with Crippen LogP contribution in [-0.2, 0) is 9.59 Å². The predicted octanol–water partition coefficient (Wildman–Crippen LogP) is 4.66. The van der Waals surface area contributed by atoms with Gasteiger partial charge in [-0.3, -0.25) is 4.79 Å². The number of benzene rings is 1. The van der Waals surface area contributed by atoms with Crippen LogP contribution in [0.1, 0.15) is 49.7 Å². The van der Waals surface area contributed by atoms with Crippen LogP contribution in [0.3, 0.4) is 0 Å². The van der Waals surface area contributed by atoms with Crippen molar-refractivity contribution in [3.8, 4) is 5.75 Å². The minimum Gasteiger partial charge on any atom is -0.420 e. The monoisotopic (exact) mass is 364 g/mol. The maximum Gasteiger partial charge on any atom is 0.491 e. The van der Waals surface area contributed by atoms with Gasteiger partial charge in [0.2, 0.25) is 0 Å². The van der Waals surface area contributed by atoms with Gasteiger partial charge in [0.25, 0.3) is 0 Å². The van der Waals surface area contributed by atoms with E-state index in [0.29, 0.717) is 18.1 Å². The van der Waals surface area contributed by atoms with E-state index in [1.807, 2.05) is 6.08 Å². The first-order chi connectivity index (χ1) is 12.2. The Bertz CT molecular complexity index is 811. The van der Waals surface area contributed by atoms with Gasteiger partial charge in [-0.2, -0.15) is 13.2 Å². The molecule has 6 heteroatoms. The van der Waals surface area contributed by atoms with E-state index in [1.54, 1.807) is 6.07 Å². The Balaban J connectivity index is 1.61. The molecule has 1 aromatic rings. The number of allylic oxidation sites excluding steroid dienone is 1. The molecule has 3 nitrogen and oxygen atoms in total. The molecule has 2 fully saturated rings. The van der Waals surface area contributed by atoms with Crippen LogP contribution in [0.5, 0.6) is 5.75 Å². The van der Waals surface area contributed by atoms with E-state index in [1.165, 1.54) is 12.1 Å². The average Bonchev–Trinajstić information content (AvgIpc) is 2.89. The molecular weight excluding hydrogens is 345 g/mol. The van der Waals surface area contributed by atoms with Crippen molar-refractivity contribution in [2.24, 2.45) is 17.3 Å². The summed E-state index contributed by atoms with van der Waals surface area (Å²) in [6.07, 6.45) is 2.21. The van der Waals surface area contributed by atoms with Gasteiger partial charge in [0.05, 0.1) is 0 Å². The lowest BCUT2D eigenvalue weighted by atomic mass is 9.57. The molecule has 1 aromatic carbocycles. The predicted molar refractivity (Wildman–Crippen MR) is 88.5 cm³/mol. The van der Waals surface area contributed by atoms with E-state index in [2.05, 4.69) is 17.7 Å². The lowest BCUT2D eigenvalue weighted by molar-refractivity contribution is -0.189. The summed E-state index contributed by atoms with van der Waals surface area (Å²) in [5.41, 5.74) is 1.60. The largest absolute Gasteiger partial charge is 0.491 e. The average molecular weight is 364 g/mol. The minimum absolute atomic E-state index is 0.106. The Hall–Kier alpha value is -2.11. The zero-order chi connectivity index (χ0) is 18.7. The maximum absolute atomic E-state index is 12.4. The van der Waals surface area contributed by atoms with Crippen LogP contribution in [0, 0.1) is 17.3 Å². The van der Waals surface area contributed by atoms with Gasteiger partial charge < -0.3 is 4.74 Å². The molecule has 0 unspecified atom stereocenters. The van der Waals surface area contributed by atoms with Crippen molar-refractivity contribution >= 4 is 17.8 Å². The first-order valence-electron chi connectivity index (χ1n) is 8.84. The number of carbonyl (C=O) groups excluding carboxylic acids is 2. The number of rotatable bonds is 1. The highest BCUT2D eigenvalue weighted by molar-refractivity contribution is 5.87. The Morgan fingerprint density at radius 1 is 1.27 bits per heavy atom. The summed E-state index contributed by atoms with van der Waals surface area (Å²) in [6, 6.07) is 4.67. The van der Waals surface area contributed by atoms with Gasteiger partial charge in [-0.25, -0.2) is 4.79 Å². The number of ketones is 1. The molecule has 138 valence electrons. The van der Waals surface area contributed by atoms with Crippen molar-refractivity contribution in [3.63, 3.8) is 0 Å². The molecule has 2 saturated carbocycles. The van der Waals surface area contributed by atoms with Crippen molar-refractivity contribution in [2.45, 2.75) is 44.7 Å². The van der Waals surface area contributed by atoms with E-state index in [0.717, 1.165) is 30.4 Å². The molecule has 3 aliphatic carbocycles. The van der Waals surface area contributed by atoms with Crippen LogP contribution in [0.15, 0.2) is 24.3 Å². The summed E-state index contributed by atoms with van der Waals surface area (Å²) in [4.78, 5) is 23.3. The number of alkyl halides is 3. The number of ether oxygens (including phenoxy) is 1. The highest BCUT2D eigenvalue weighted by Crippen LogP contribution is 2.58. The van der Waals surface area contributed by atoms with Gasteiger partial charge in [0.1, 0.15) is 11.5 Å². The second kappa shape index (κ2) is 5.69. The zero-order valence-electron chi connectivity index (χ0n) is 14.3. The number of fused-ring (bicyclic) bond motifs is 5. The Labute approximate surface area is 149 Å². The topological polar surface area (TPSA) is 43.4 Å². The van der Waals surface area contributed by atoms with E-state index < -0.39 is 12.1 Å². The number of esters is 1. The molecule has 0 aromatic heterocycles. The van der Waals surface area contributed by atoms with Crippen LogP contribution < -0.4 is 4.74 Å². The molecule has 0 aliphatic heterocycles. The van der Waals surface area contributed by atoms with Crippen LogP contribution in [-0.4, -0.2) is 17.9 Å². The second-order valence-electron chi connectivity index (χ2n) is 7.75. The SMILES string of the molecule is C[C@]12CC[C@@H]3c4ccc(OC(=O)C(F)(F)F)cc4C=C[C@H]3[C@@H]1CCC2=O. The van der Waals surface area contributed by atoms with E-state index in [-0.39, 0.29) is 23.0 Å². The molecule has 0 bridgehead atoms. The molecule has 0 amide bonds. The Morgan fingerprint density at radius 3 is 2.77 bits per heavy atom. The lowest BCUT2D eigenvalue weighted by Crippen LogP contribution is -2.40. The summed E-state index contributed by atoms with van der Waals surface area (Å²) >= 11 is 0. The third-order valence-electron chi connectivity index (χ3n) is 6.44. The number of Topliss-reactive ketones (excluding diaryl/α,β-unsaturated/α-hetero) is 1. The van der Waals surface area contributed by atoms with E-state index in [4.69, 9.17) is 0 Å². The fraction of sp³-hybridized carbons (Fsp3) is 0.500. The van der Waals surface area contributed by atoms with Crippen molar-refractivity contribution in [1.29, 1.82) is 0 Å². The van der Waals surface area contributed by atoms with Gasteiger partial charge in [-0.1, -0.05) is 25.1 Å². The summed E-state index contributed by atoms with van der Waals surface area (Å²) in [5.74, 6) is -1.11. The van der Waals surface area contributed by atoms with Crippen molar-refractivity contribution in [3.05, 3.63) is 35.4 Å². The zero-order valence-corrected chi connectivity index (χ0v) is 14.3. The Kier molecular flexibility index (Phi) is 3.79. The molecular formula is C20H19F3O3. The number of hydrogen-bond donors (Lipinski definition) is 0. The van der Waals surface area contributed by atoms with Crippen LogP contribution in [0.4, 0.5) is 13.2 Å². The van der Waals surface area contributed by atoms with Gasteiger partial charge >= 0.3 is 12.1 Å². The summed E-state index contributed by atoms with van der Waals surface area (Å²) in [5, 5.41) is 0. The van der Waals surface area contributed by atoms with Gasteiger partial charge in [-0.05, 0) is 60.3 Å². The fourth-order valence-electron chi connectivity index (χ4n) is 5.08. The third kappa shape index (κ3) is 2.58. The van der Waals surface area contributed by atoms with Crippen LogP contribution in [0.25, 0.3) is 6.08 Å². The first kappa shape index (κ1) is 17.3. The van der Waals surface area contributed by atoms with Crippen LogP contribution in [0.2, 0.25) is 0 Å². The molecule has 0 saturated heterocycles. The van der Waals surface area contributed by atoms with Crippen molar-refractivity contribution in [2.75, 3.05) is 0 Å². The Morgan fingerprint density at radius 2 is 2.04 bits per heavy atom. The fourth-order valence-corrected chi connectivity index (χ4v) is 5.08.